The lowest BCUT2D eigenvalue weighted by Gasteiger charge is -2.45. The van der Waals surface area contributed by atoms with Crippen molar-refractivity contribution in [3.05, 3.63) is 58.5 Å². The van der Waals surface area contributed by atoms with Gasteiger partial charge in [-0.3, -0.25) is 4.79 Å². The molecular weight excluding hydrogens is 432 g/mol. The Bertz CT molecular complexity index is 1060. The third-order valence-corrected chi connectivity index (χ3v) is 6.48. The lowest BCUT2D eigenvalue weighted by atomic mass is 9.83. The quantitative estimate of drug-likeness (QED) is 0.593. The Morgan fingerprint density at radius 2 is 1.62 bits per heavy atom. The zero-order chi connectivity index (χ0) is 25.3. The van der Waals surface area contributed by atoms with Gasteiger partial charge in [-0.25, -0.2) is 4.79 Å². The summed E-state index contributed by atoms with van der Waals surface area (Å²) >= 11 is 0. The van der Waals surface area contributed by atoms with Gasteiger partial charge < -0.3 is 24.4 Å². The number of rotatable bonds is 8. The average molecular weight is 471 g/mol. The first-order valence-electron chi connectivity index (χ1n) is 12.0. The van der Waals surface area contributed by atoms with Crippen LogP contribution in [0.25, 0.3) is 11.1 Å². The SMILES string of the molecule is CC[C@@]1(CC(C)(C)O)CCN([C@@H](C)c2ccc(-c3ccc(=O)n(CC(C)(C)O)c3)cc2)C(=O)O1. The van der Waals surface area contributed by atoms with Crippen LogP contribution in [0.5, 0.6) is 0 Å². The predicted octanol–water partition coefficient (Wildman–Crippen LogP) is 4.50. The second-order valence-corrected chi connectivity index (χ2v) is 10.8. The van der Waals surface area contributed by atoms with E-state index in [0.29, 0.717) is 25.8 Å². The Morgan fingerprint density at radius 1 is 1.00 bits per heavy atom. The topological polar surface area (TPSA) is 92.0 Å². The van der Waals surface area contributed by atoms with Crippen molar-refractivity contribution in [3.8, 4) is 11.1 Å². The summed E-state index contributed by atoms with van der Waals surface area (Å²) in [7, 11) is 0. The number of cyclic esters (lactones) is 1. The van der Waals surface area contributed by atoms with Crippen molar-refractivity contribution >= 4 is 6.09 Å². The molecule has 7 nitrogen and oxygen atoms in total. The third kappa shape index (κ3) is 6.27. The molecule has 0 bridgehead atoms. The van der Waals surface area contributed by atoms with Gasteiger partial charge in [-0.2, -0.15) is 0 Å². The third-order valence-electron chi connectivity index (χ3n) is 6.48. The molecule has 0 unspecified atom stereocenters. The number of hydrogen-bond acceptors (Lipinski definition) is 5. The van der Waals surface area contributed by atoms with Crippen LogP contribution in [-0.4, -0.2) is 49.1 Å². The van der Waals surface area contributed by atoms with Gasteiger partial charge in [0.1, 0.15) is 5.60 Å². The van der Waals surface area contributed by atoms with E-state index < -0.39 is 16.8 Å². The molecule has 1 aromatic carbocycles. The summed E-state index contributed by atoms with van der Waals surface area (Å²) < 4.78 is 7.40. The summed E-state index contributed by atoms with van der Waals surface area (Å²) in [5, 5.41) is 20.4. The zero-order valence-corrected chi connectivity index (χ0v) is 21.2. The number of hydrogen-bond donors (Lipinski definition) is 2. The number of amides is 1. The predicted molar refractivity (Wildman–Crippen MR) is 133 cm³/mol. The van der Waals surface area contributed by atoms with Gasteiger partial charge in [0, 0.05) is 31.6 Å². The second kappa shape index (κ2) is 9.55. The average Bonchev–Trinajstić information content (AvgIpc) is 2.73. The maximum atomic E-state index is 12.9. The minimum Gasteiger partial charge on any atom is -0.443 e. The number of ether oxygens (including phenoxy) is 1. The molecule has 1 aliphatic rings. The van der Waals surface area contributed by atoms with E-state index in [4.69, 9.17) is 4.74 Å². The molecule has 1 amide bonds. The summed E-state index contributed by atoms with van der Waals surface area (Å²) in [4.78, 5) is 26.8. The van der Waals surface area contributed by atoms with Crippen molar-refractivity contribution in [3.63, 3.8) is 0 Å². The first kappa shape index (κ1) is 26.0. The molecule has 0 radical (unpaired) electrons. The van der Waals surface area contributed by atoms with Gasteiger partial charge >= 0.3 is 6.09 Å². The van der Waals surface area contributed by atoms with E-state index in [1.807, 2.05) is 38.1 Å². The van der Waals surface area contributed by atoms with Gasteiger partial charge in [0.05, 0.1) is 23.8 Å². The Balaban J connectivity index is 1.75. The minimum absolute atomic E-state index is 0.160. The van der Waals surface area contributed by atoms with Crippen LogP contribution in [0.1, 0.15) is 72.4 Å². The molecule has 0 saturated carbocycles. The maximum absolute atomic E-state index is 12.9. The molecule has 1 aliphatic heterocycles. The molecule has 1 aromatic heterocycles. The van der Waals surface area contributed by atoms with E-state index in [0.717, 1.165) is 16.7 Å². The number of carbonyl (C=O) groups excluding carboxylic acids is 1. The highest BCUT2D eigenvalue weighted by molar-refractivity contribution is 5.70. The highest BCUT2D eigenvalue weighted by atomic mass is 16.6. The van der Waals surface area contributed by atoms with Gasteiger partial charge in [0.2, 0.25) is 0 Å². The highest BCUT2D eigenvalue weighted by Crippen LogP contribution is 2.37. The minimum atomic E-state index is -0.993. The van der Waals surface area contributed by atoms with Crippen LogP contribution in [-0.2, 0) is 11.3 Å². The molecule has 34 heavy (non-hydrogen) atoms. The van der Waals surface area contributed by atoms with Crippen LogP contribution >= 0.6 is 0 Å². The molecule has 2 heterocycles. The Morgan fingerprint density at radius 3 is 2.15 bits per heavy atom. The molecule has 1 saturated heterocycles. The fourth-order valence-electron chi connectivity index (χ4n) is 4.73. The number of aromatic nitrogens is 1. The largest absolute Gasteiger partial charge is 0.443 e. The van der Waals surface area contributed by atoms with Crippen LogP contribution in [0.2, 0.25) is 0 Å². The molecule has 3 rings (SSSR count). The normalized spacial score (nSPS) is 20.2. The smallest absolute Gasteiger partial charge is 0.410 e. The second-order valence-electron chi connectivity index (χ2n) is 10.8. The number of aliphatic hydroxyl groups is 2. The Labute approximate surface area is 202 Å². The van der Waals surface area contributed by atoms with E-state index in [1.54, 1.807) is 44.9 Å². The summed E-state index contributed by atoms with van der Waals surface area (Å²) in [6, 6.07) is 11.0. The first-order valence-corrected chi connectivity index (χ1v) is 12.0. The number of nitrogens with zero attached hydrogens (tertiary/aromatic N) is 2. The summed E-state index contributed by atoms with van der Waals surface area (Å²) in [5.74, 6) is 0. The van der Waals surface area contributed by atoms with Crippen molar-refractivity contribution in [1.29, 1.82) is 0 Å². The van der Waals surface area contributed by atoms with Gasteiger partial charge in [0.15, 0.2) is 0 Å². The molecule has 2 N–H and O–H groups in total. The van der Waals surface area contributed by atoms with Crippen molar-refractivity contribution < 1.29 is 19.7 Å². The van der Waals surface area contributed by atoms with Crippen LogP contribution in [0.4, 0.5) is 4.79 Å². The fraction of sp³-hybridized carbons (Fsp3) is 0.556. The maximum Gasteiger partial charge on any atom is 0.410 e. The van der Waals surface area contributed by atoms with E-state index in [9.17, 15) is 19.8 Å². The van der Waals surface area contributed by atoms with Crippen LogP contribution in [0, 0.1) is 0 Å². The lowest BCUT2D eigenvalue weighted by Crippen LogP contribution is -2.52. The van der Waals surface area contributed by atoms with Crippen LogP contribution in [0.3, 0.4) is 0 Å². The monoisotopic (exact) mass is 470 g/mol. The zero-order valence-electron chi connectivity index (χ0n) is 21.2. The molecule has 2 atom stereocenters. The number of carbonyl (C=O) groups is 1. The van der Waals surface area contributed by atoms with E-state index in [2.05, 4.69) is 0 Å². The summed E-state index contributed by atoms with van der Waals surface area (Å²) in [5.41, 5.74) is 0.102. The van der Waals surface area contributed by atoms with Crippen LogP contribution in [0.15, 0.2) is 47.4 Å². The highest BCUT2D eigenvalue weighted by Gasteiger charge is 2.43. The molecule has 2 aromatic rings. The number of pyridine rings is 1. The summed E-state index contributed by atoms with van der Waals surface area (Å²) in [6.07, 6.45) is 3.15. The molecule has 186 valence electrons. The van der Waals surface area contributed by atoms with Gasteiger partial charge in [-0.15, -0.1) is 0 Å². The van der Waals surface area contributed by atoms with Crippen LogP contribution < -0.4 is 5.56 Å². The fourth-order valence-corrected chi connectivity index (χ4v) is 4.73. The standard InChI is InChI=1S/C27H38N2O5/c1-7-27(17-25(3,4)32)14-15-29(24(31)34-27)19(2)20-8-10-21(11-9-20)22-12-13-23(30)28(16-22)18-26(5,6)33/h8-13,16,19,32-33H,7,14-15,17-18H2,1-6H3/t19-,27-/m0/s1. The van der Waals surface area contributed by atoms with Crippen molar-refractivity contribution in [2.45, 2.75) is 90.2 Å². The molecule has 7 heteroatoms. The van der Waals surface area contributed by atoms with Gasteiger partial charge in [-0.1, -0.05) is 31.2 Å². The van der Waals surface area contributed by atoms with Gasteiger partial charge in [0.25, 0.3) is 5.56 Å². The Kier molecular flexibility index (Phi) is 7.29. The Hall–Kier alpha value is -2.64. The first-order chi connectivity index (χ1) is 15.7. The lowest BCUT2D eigenvalue weighted by molar-refractivity contribution is -0.0977. The van der Waals surface area contributed by atoms with Crippen molar-refractivity contribution in [2.75, 3.05) is 6.54 Å². The molecular formula is C27H38N2O5. The number of benzene rings is 1. The van der Waals surface area contributed by atoms with E-state index in [1.165, 1.54) is 10.6 Å². The van der Waals surface area contributed by atoms with Gasteiger partial charge in [-0.05, 0) is 63.8 Å². The molecule has 0 aliphatic carbocycles. The summed E-state index contributed by atoms with van der Waals surface area (Å²) in [6.45, 7) is 11.6. The van der Waals surface area contributed by atoms with Crippen molar-refractivity contribution in [2.24, 2.45) is 0 Å². The molecule has 1 fully saturated rings. The van der Waals surface area contributed by atoms with E-state index >= 15 is 0 Å². The van der Waals surface area contributed by atoms with Crippen molar-refractivity contribution in [1.82, 2.24) is 9.47 Å². The molecule has 0 spiro atoms. The van der Waals surface area contributed by atoms with E-state index in [-0.39, 0.29) is 24.2 Å².